The van der Waals surface area contributed by atoms with Crippen molar-refractivity contribution in [3.05, 3.63) is 0 Å². The summed E-state index contributed by atoms with van der Waals surface area (Å²) < 4.78 is 0. The van der Waals surface area contributed by atoms with E-state index in [0.29, 0.717) is 25.9 Å². The third-order valence-electron chi connectivity index (χ3n) is 2.34. The SMILES string of the molecule is CC(O)CCNC(=O)CCN1CCSC1=O. The van der Waals surface area contributed by atoms with Gasteiger partial charge in [0.1, 0.15) is 0 Å². The first-order chi connectivity index (χ1) is 7.59. The van der Waals surface area contributed by atoms with E-state index in [4.69, 9.17) is 5.11 Å². The van der Waals surface area contributed by atoms with Gasteiger partial charge in [-0.2, -0.15) is 0 Å². The van der Waals surface area contributed by atoms with Gasteiger partial charge in [-0.15, -0.1) is 0 Å². The molecule has 1 rings (SSSR count). The molecule has 16 heavy (non-hydrogen) atoms. The van der Waals surface area contributed by atoms with Crippen molar-refractivity contribution in [1.82, 2.24) is 10.2 Å². The zero-order valence-electron chi connectivity index (χ0n) is 9.44. The summed E-state index contributed by atoms with van der Waals surface area (Å²) in [6, 6.07) is 0. The number of nitrogens with one attached hydrogen (secondary N) is 1. The van der Waals surface area contributed by atoms with Crippen molar-refractivity contribution in [3.63, 3.8) is 0 Å². The van der Waals surface area contributed by atoms with Crippen molar-refractivity contribution in [3.8, 4) is 0 Å². The number of carbonyl (C=O) groups is 2. The molecule has 2 N–H and O–H groups in total. The molecule has 0 bridgehead atoms. The van der Waals surface area contributed by atoms with Gasteiger partial charge in [-0.1, -0.05) is 11.8 Å². The van der Waals surface area contributed by atoms with Gasteiger partial charge in [0, 0.05) is 31.8 Å². The highest BCUT2D eigenvalue weighted by Crippen LogP contribution is 2.16. The number of rotatable bonds is 6. The summed E-state index contributed by atoms with van der Waals surface area (Å²) in [5.41, 5.74) is 0. The van der Waals surface area contributed by atoms with Crippen LogP contribution in [0, 0.1) is 0 Å². The Balaban J connectivity index is 2.08. The third kappa shape index (κ3) is 4.85. The van der Waals surface area contributed by atoms with E-state index in [2.05, 4.69) is 5.32 Å². The standard InChI is InChI=1S/C10H18N2O3S/c1-8(13)2-4-11-9(14)3-5-12-6-7-16-10(12)15/h8,13H,2-7H2,1H3,(H,11,14). The zero-order chi connectivity index (χ0) is 12.0. The van der Waals surface area contributed by atoms with Gasteiger partial charge in [0.05, 0.1) is 6.10 Å². The van der Waals surface area contributed by atoms with E-state index >= 15 is 0 Å². The van der Waals surface area contributed by atoms with Gasteiger partial charge in [-0.25, -0.2) is 0 Å². The van der Waals surface area contributed by atoms with Crippen molar-refractivity contribution < 1.29 is 14.7 Å². The van der Waals surface area contributed by atoms with Gasteiger partial charge in [0.15, 0.2) is 0 Å². The molecule has 0 aromatic heterocycles. The number of hydrogen-bond acceptors (Lipinski definition) is 4. The second kappa shape index (κ2) is 6.75. The number of hydrogen-bond donors (Lipinski definition) is 2. The molecule has 1 unspecified atom stereocenters. The molecular weight excluding hydrogens is 228 g/mol. The Bertz CT molecular complexity index is 258. The van der Waals surface area contributed by atoms with Crippen molar-refractivity contribution in [2.24, 2.45) is 0 Å². The molecule has 0 aromatic rings. The van der Waals surface area contributed by atoms with Crippen molar-refractivity contribution >= 4 is 22.9 Å². The average Bonchev–Trinajstić information content (AvgIpc) is 2.60. The van der Waals surface area contributed by atoms with Gasteiger partial charge in [-0.05, 0) is 13.3 Å². The molecule has 1 fully saturated rings. The Morgan fingerprint density at radius 3 is 3.00 bits per heavy atom. The zero-order valence-corrected chi connectivity index (χ0v) is 10.3. The highest BCUT2D eigenvalue weighted by molar-refractivity contribution is 8.13. The van der Waals surface area contributed by atoms with Crippen molar-refractivity contribution in [2.45, 2.75) is 25.9 Å². The van der Waals surface area contributed by atoms with E-state index in [-0.39, 0.29) is 11.1 Å². The van der Waals surface area contributed by atoms with Crippen LogP contribution < -0.4 is 5.32 Å². The van der Waals surface area contributed by atoms with E-state index < -0.39 is 6.10 Å². The largest absolute Gasteiger partial charge is 0.393 e. The fraction of sp³-hybridized carbons (Fsp3) is 0.800. The summed E-state index contributed by atoms with van der Waals surface area (Å²) in [4.78, 5) is 24.3. The first-order valence-corrected chi connectivity index (χ1v) is 6.44. The molecule has 2 amide bonds. The first-order valence-electron chi connectivity index (χ1n) is 5.46. The predicted octanol–water partition coefficient (Wildman–Crippen LogP) is 0.432. The minimum Gasteiger partial charge on any atom is -0.393 e. The fourth-order valence-corrected chi connectivity index (χ4v) is 2.23. The highest BCUT2D eigenvalue weighted by Gasteiger charge is 2.21. The van der Waals surface area contributed by atoms with Crippen LogP contribution in [0.25, 0.3) is 0 Å². The fourth-order valence-electron chi connectivity index (χ4n) is 1.37. The van der Waals surface area contributed by atoms with Crippen LogP contribution in [0.3, 0.4) is 0 Å². The molecule has 0 saturated carbocycles. The number of carbonyl (C=O) groups excluding carboxylic acids is 2. The molecular formula is C10H18N2O3S. The number of aliphatic hydroxyl groups excluding tert-OH is 1. The molecule has 1 saturated heterocycles. The Kier molecular flexibility index (Phi) is 5.62. The van der Waals surface area contributed by atoms with E-state index in [1.807, 2.05) is 0 Å². The van der Waals surface area contributed by atoms with E-state index in [1.54, 1.807) is 11.8 Å². The monoisotopic (exact) mass is 246 g/mol. The van der Waals surface area contributed by atoms with Crippen LogP contribution in [0.2, 0.25) is 0 Å². The number of amides is 2. The molecule has 1 aliphatic heterocycles. The summed E-state index contributed by atoms with van der Waals surface area (Å²) in [5.74, 6) is 0.757. The Morgan fingerprint density at radius 2 is 2.44 bits per heavy atom. The maximum atomic E-state index is 11.4. The normalized spacial score (nSPS) is 17.6. The minimum absolute atomic E-state index is 0.0645. The lowest BCUT2D eigenvalue weighted by Gasteiger charge is -2.14. The quantitative estimate of drug-likeness (QED) is 0.713. The molecule has 1 atom stereocenters. The van der Waals surface area contributed by atoms with Gasteiger partial charge in [0.25, 0.3) is 5.24 Å². The van der Waals surface area contributed by atoms with E-state index in [1.165, 1.54) is 11.8 Å². The smallest absolute Gasteiger partial charge is 0.281 e. The summed E-state index contributed by atoms with van der Waals surface area (Å²) in [5, 5.41) is 11.8. The lowest BCUT2D eigenvalue weighted by molar-refractivity contribution is -0.121. The van der Waals surface area contributed by atoms with Gasteiger partial charge in [-0.3, -0.25) is 9.59 Å². The molecule has 1 heterocycles. The number of nitrogens with zero attached hydrogens (tertiary/aromatic N) is 1. The Hall–Kier alpha value is -0.750. The lowest BCUT2D eigenvalue weighted by atomic mass is 10.3. The molecule has 0 radical (unpaired) electrons. The van der Waals surface area contributed by atoms with Crippen LogP contribution in [0.1, 0.15) is 19.8 Å². The molecule has 0 aromatic carbocycles. The lowest BCUT2D eigenvalue weighted by Crippen LogP contribution is -2.32. The molecule has 0 spiro atoms. The van der Waals surface area contributed by atoms with Gasteiger partial charge >= 0.3 is 0 Å². The molecule has 6 heteroatoms. The maximum absolute atomic E-state index is 11.4. The topological polar surface area (TPSA) is 69.6 Å². The Labute approximate surface area is 99.6 Å². The van der Waals surface area contributed by atoms with E-state index in [0.717, 1.165) is 12.3 Å². The number of thioether (sulfide) groups is 1. The van der Waals surface area contributed by atoms with E-state index in [9.17, 15) is 9.59 Å². The maximum Gasteiger partial charge on any atom is 0.281 e. The summed E-state index contributed by atoms with van der Waals surface area (Å²) in [6.45, 7) is 3.41. The first kappa shape index (κ1) is 13.3. The molecule has 92 valence electrons. The van der Waals surface area contributed by atoms with Crippen LogP contribution >= 0.6 is 11.8 Å². The van der Waals surface area contributed by atoms with Crippen LogP contribution in [0.4, 0.5) is 4.79 Å². The summed E-state index contributed by atoms with van der Waals surface area (Å²) >= 11 is 1.30. The van der Waals surface area contributed by atoms with Crippen LogP contribution in [0.5, 0.6) is 0 Å². The average molecular weight is 246 g/mol. The van der Waals surface area contributed by atoms with Gasteiger partial charge < -0.3 is 15.3 Å². The van der Waals surface area contributed by atoms with Gasteiger partial charge in [0.2, 0.25) is 5.91 Å². The Morgan fingerprint density at radius 1 is 1.69 bits per heavy atom. The summed E-state index contributed by atoms with van der Waals surface area (Å²) in [7, 11) is 0. The van der Waals surface area contributed by atoms with Crippen molar-refractivity contribution in [2.75, 3.05) is 25.4 Å². The predicted molar refractivity (Wildman–Crippen MR) is 63.4 cm³/mol. The molecule has 0 aliphatic carbocycles. The van der Waals surface area contributed by atoms with Crippen LogP contribution in [-0.4, -0.2) is 52.6 Å². The van der Waals surface area contributed by atoms with Crippen LogP contribution in [0.15, 0.2) is 0 Å². The highest BCUT2D eigenvalue weighted by atomic mass is 32.2. The molecule has 1 aliphatic rings. The minimum atomic E-state index is -0.392. The second-order valence-electron chi connectivity index (χ2n) is 3.84. The second-order valence-corrected chi connectivity index (χ2v) is 4.89. The molecule has 5 nitrogen and oxygen atoms in total. The van der Waals surface area contributed by atoms with Crippen LogP contribution in [-0.2, 0) is 4.79 Å². The summed E-state index contributed by atoms with van der Waals surface area (Å²) in [6.07, 6.45) is 0.507. The third-order valence-corrected chi connectivity index (χ3v) is 3.23. The number of aliphatic hydroxyl groups is 1. The van der Waals surface area contributed by atoms with Crippen molar-refractivity contribution in [1.29, 1.82) is 0 Å².